The van der Waals surface area contributed by atoms with Crippen LogP contribution < -0.4 is 4.74 Å². The van der Waals surface area contributed by atoms with Gasteiger partial charge in [0.05, 0.1) is 24.7 Å². The summed E-state index contributed by atoms with van der Waals surface area (Å²) in [6.07, 6.45) is 1.24. The Hall–Kier alpha value is -1.79. The van der Waals surface area contributed by atoms with Gasteiger partial charge in [0, 0.05) is 26.1 Å². The number of hydrogen-bond donors (Lipinski definition) is 1. The smallest absolute Gasteiger partial charge is 0.305 e. The maximum Gasteiger partial charge on any atom is 0.305 e. The standard InChI is InChI=1S/C17H22ClNO5/c1-23-13-8-12(9-17(21)22)19(10-13)16(20)6-4-11-3-5-15(24-2)14(18)7-11/h3,5,7,12-13H,4,6,8-10H2,1-2H3,(H,21,22). The molecule has 1 heterocycles. The molecule has 1 N–H and O–H groups in total. The Labute approximate surface area is 146 Å². The maximum atomic E-state index is 12.5. The van der Waals surface area contributed by atoms with E-state index in [4.69, 9.17) is 26.2 Å². The second-order valence-corrected chi connectivity index (χ2v) is 6.27. The van der Waals surface area contributed by atoms with Crippen LogP contribution >= 0.6 is 11.6 Å². The van der Waals surface area contributed by atoms with Crippen molar-refractivity contribution in [2.45, 2.75) is 37.8 Å². The van der Waals surface area contributed by atoms with Crippen LogP contribution in [-0.2, 0) is 20.7 Å². The normalized spacial score (nSPS) is 20.2. The molecule has 1 aromatic carbocycles. The zero-order chi connectivity index (χ0) is 17.7. The summed E-state index contributed by atoms with van der Waals surface area (Å²) in [5.41, 5.74) is 0.937. The molecule has 1 aliphatic heterocycles. The minimum Gasteiger partial charge on any atom is -0.495 e. The molecule has 0 aromatic heterocycles. The van der Waals surface area contributed by atoms with Crippen molar-refractivity contribution in [1.82, 2.24) is 4.90 Å². The third-order valence-electron chi connectivity index (χ3n) is 4.28. The van der Waals surface area contributed by atoms with Crippen LogP contribution in [0.2, 0.25) is 5.02 Å². The molecule has 2 unspecified atom stereocenters. The molecule has 0 saturated carbocycles. The molecule has 1 fully saturated rings. The fourth-order valence-electron chi connectivity index (χ4n) is 3.01. The largest absolute Gasteiger partial charge is 0.495 e. The van der Waals surface area contributed by atoms with Crippen LogP contribution in [0.15, 0.2) is 18.2 Å². The van der Waals surface area contributed by atoms with Crippen LogP contribution in [0.25, 0.3) is 0 Å². The molecule has 0 spiro atoms. The van der Waals surface area contributed by atoms with Gasteiger partial charge in [-0.2, -0.15) is 0 Å². The predicted molar refractivity (Wildman–Crippen MR) is 89.5 cm³/mol. The molecule has 2 rings (SSSR count). The summed E-state index contributed by atoms with van der Waals surface area (Å²) < 4.78 is 10.4. The van der Waals surface area contributed by atoms with Gasteiger partial charge >= 0.3 is 5.97 Å². The maximum absolute atomic E-state index is 12.5. The SMILES string of the molecule is COc1ccc(CCC(=O)N2CC(OC)CC2CC(=O)O)cc1Cl. The first-order chi connectivity index (χ1) is 11.4. The summed E-state index contributed by atoms with van der Waals surface area (Å²) in [6, 6.07) is 5.12. The first-order valence-electron chi connectivity index (χ1n) is 7.81. The molecule has 0 bridgehead atoms. The Bertz CT molecular complexity index is 607. The fraction of sp³-hybridized carbons (Fsp3) is 0.529. The zero-order valence-corrected chi connectivity index (χ0v) is 14.6. The van der Waals surface area contributed by atoms with Gasteiger partial charge in [-0.15, -0.1) is 0 Å². The van der Waals surface area contributed by atoms with Crippen molar-refractivity contribution in [3.05, 3.63) is 28.8 Å². The molecular formula is C17H22ClNO5. The van der Waals surface area contributed by atoms with Gasteiger partial charge in [0.25, 0.3) is 0 Å². The monoisotopic (exact) mass is 355 g/mol. The zero-order valence-electron chi connectivity index (χ0n) is 13.8. The summed E-state index contributed by atoms with van der Waals surface area (Å²) in [5, 5.41) is 9.52. The fourth-order valence-corrected chi connectivity index (χ4v) is 3.29. The van der Waals surface area contributed by atoms with Gasteiger partial charge in [-0.3, -0.25) is 9.59 Å². The van der Waals surface area contributed by atoms with Crippen molar-refractivity contribution in [3.63, 3.8) is 0 Å². The lowest BCUT2D eigenvalue weighted by Gasteiger charge is -2.23. The minimum atomic E-state index is -0.906. The number of carbonyl (C=O) groups excluding carboxylic acids is 1. The lowest BCUT2D eigenvalue weighted by Crippen LogP contribution is -2.37. The van der Waals surface area contributed by atoms with Crippen molar-refractivity contribution in [1.29, 1.82) is 0 Å². The number of carboxylic acids is 1. The van der Waals surface area contributed by atoms with E-state index >= 15 is 0 Å². The lowest BCUT2D eigenvalue weighted by molar-refractivity contribution is -0.139. The van der Waals surface area contributed by atoms with Gasteiger partial charge in [0.1, 0.15) is 5.75 Å². The molecule has 1 aliphatic rings. The van der Waals surface area contributed by atoms with E-state index in [1.54, 1.807) is 31.3 Å². The molecule has 1 aromatic rings. The molecular weight excluding hydrogens is 334 g/mol. The Morgan fingerprint density at radius 3 is 2.71 bits per heavy atom. The molecule has 1 saturated heterocycles. The average molecular weight is 356 g/mol. The van der Waals surface area contributed by atoms with E-state index in [2.05, 4.69) is 0 Å². The summed E-state index contributed by atoms with van der Waals surface area (Å²) >= 11 is 6.09. The number of nitrogens with zero attached hydrogens (tertiary/aromatic N) is 1. The summed E-state index contributed by atoms with van der Waals surface area (Å²) in [5.74, 6) is -0.375. The summed E-state index contributed by atoms with van der Waals surface area (Å²) in [6.45, 7) is 0.441. The topological polar surface area (TPSA) is 76.1 Å². The van der Waals surface area contributed by atoms with Gasteiger partial charge in [-0.25, -0.2) is 0 Å². The molecule has 132 valence electrons. The van der Waals surface area contributed by atoms with Crippen LogP contribution in [0.1, 0.15) is 24.8 Å². The quantitative estimate of drug-likeness (QED) is 0.812. The van der Waals surface area contributed by atoms with E-state index in [1.165, 1.54) is 0 Å². The summed E-state index contributed by atoms with van der Waals surface area (Å²) in [7, 11) is 3.13. The van der Waals surface area contributed by atoms with Crippen molar-refractivity contribution in [2.24, 2.45) is 0 Å². The van der Waals surface area contributed by atoms with Crippen LogP contribution in [-0.4, -0.2) is 54.8 Å². The van der Waals surface area contributed by atoms with E-state index in [0.717, 1.165) is 5.56 Å². The van der Waals surface area contributed by atoms with E-state index in [-0.39, 0.29) is 24.5 Å². The number of aryl methyl sites for hydroxylation is 1. The first kappa shape index (κ1) is 18.5. The van der Waals surface area contributed by atoms with Gasteiger partial charge in [0.15, 0.2) is 0 Å². The number of carboxylic acid groups (broad SMARTS) is 1. The lowest BCUT2D eigenvalue weighted by atomic mass is 10.1. The van der Waals surface area contributed by atoms with Crippen molar-refractivity contribution >= 4 is 23.5 Å². The number of ether oxygens (including phenoxy) is 2. The number of rotatable bonds is 7. The minimum absolute atomic E-state index is 0.0556. The van der Waals surface area contributed by atoms with E-state index in [0.29, 0.717) is 36.6 Å². The molecule has 0 radical (unpaired) electrons. The summed E-state index contributed by atoms with van der Waals surface area (Å²) in [4.78, 5) is 25.1. The highest BCUT2D eigenvalue weighted by Gasteiger charge is 2.36. The highest BCUT2D eigenvalue weighted by Crippen LogP contribution is 2.27. The van der Waals surface area contributed by atoms with Crippen molar-refractivity contribution < 1.29 is 24.2 Å². The van der Waals surface area contributed by atoms with E-state index < -0.39 is 5.97 Å². The number of hydrogen-bond acceptors (Lipinski definition) is 4. The third-order valence-corrected chi connectivity index (χ3v) is 4.58. The number of benzene rings is 1. The third kappa shape index (κ3) is 4.61. The van der Waals surface area contributed by atoms with Crippen molar-refractivity contribution in [2.75, 3.05) is 20.8 Å². The second kappa shape index (κ2) is 8.35. The Kier molecular flexibility index (Phi) is 6.45. The highest BCUT2D eigenvalue weighted by molar-refractivity contribution is 6.32. The molecule has 6 nitrogen and oxygen atoms in total. The number of halogens is 1. The molecule has 2 atom stereocenters. The second-order valence-electron chi connectivity index (χ2n) is 5.86. The molecule has 1 amide bonds. The van der Waals surface area contributed by atoms with E-state index in [9.17, 15) is 9.59 Å². The number of amides is 1. The Morgan fingerprint density at radius 2 is 2.12 bits per heavy atom. The van der Waals surface area contributed by atoms with Crippen LogP contribution in [0, 0.1) is 0 Å². The Balaban J connectivity index is 1.97. The van der Waals surface area contributed by atoms with Crippen LogP contribution in [0.3, 0.4) is 0 Å². The van der Waals surface area contributed by atoms with Crippen LogP contribution in [0.4, 0.5) is 0 Å². The molecule has 24 heavy (non-hydrogen) atoms. The van der Waals surface area contributed by atoms with Crippen LogP contribution in [0.5, 0.6) is 5.75 Å². The van der Waals surface area contributed by atoms with Gasteiger partial charge in [-0.05, 0) is 30.5 Å². The van der Waals surface area contributed by atoms with Gasteiger partial charge in [-0.1, -0.05) is 17.7 Å². The molecule has 7 heteroatoms. The number of aliphatic carboxylic acids is 1. The number of likely N-dealkylation sites (tertiary alicyclic amines) is 1. The number of methoxy groups -OCH3 is 2. The molecule has 0 aliphatic carbocycles. The van der Waals surface area contributed by atoms with Gasteiger partial charge in [0.2, 0.25) is 5.91 Å². The Morgan fingerprint density at radius 1 is 1.38 bits per heavy atom. The number of carbonyl (C=O) groups is 2. The van der Waals surface area contributed by atoms with E-state index in [1.807, 2.05) is 6.07 Å². The first-order valence-corrected chi connectivity index (χ1v) is 8.18. The highest BCUT2D eigenvalue weighted by atomic mass is 35.5. The average Bonchev–Trinajstić information content (AvgIpc) is 2.95. The predicted octanol–water partition coefficient (Wildman–Crippen LogP) is 2.37. The van der Waals surface area contributed by atoms with Crippen molar-refractivity contribution in [3.8, 4) is 5.75 Å². The van der Waals surface area contributed by atoms with Gasteiger partial charge < -0.3 is 19.5 Å².